The molecule has 5 rings (SSSR count). The molecule has 8 heteroatoms. The van der Waals surface area contributed by atoms with Gasteiger partial charge in [0, 0.05) is 47.9 Å². The number of pyridine rings is 1. The fraction of sp³-hybridized carbons (Fsp3) is 0.292. The van der Waals surface area contributed by atoms with Gasteiger partial charge in [-0.25, -0.2) is 8.42 Å². The minimum absolute atomic E-state index is 0.0427. The Kier molecular flexibility index (Phi) is 5.35. The average Bonchev–Trinajstić information content (AvgIpc) is 2.80. The van der Waals surface area contributed by atoms with Gasteiger partial charge < -0.3 is 9.30 Å². The lowest BCUT2D eigenvalue weighted by Gasteiger charge is -2.42. The monoisotopic (exact) mass is 470 g/mol. The third kappa shape index (κ3) is 3.64. The third-order valence-corrected chi connectivity index (χ3v) is 8.51. The van der Waals surface area contributed by atoms with Crippen molar-refractivity contribution in [2.75, 3.05) is 20.2 Å². The molecule has 1 aromatic heterocycles. The lowest BCUT2D eigenvalue weighted by Crippen LogP contribution is -2.49. The predicted molar refractivity (Wildman–Crippen MR) is 124 cm³/mol. The van der Waals surface area contributed by atoms with Crippen LogP contribution in [0, 0.1) is 5.92 Å². The molecule has 0 aliphatic carbocycles. The number of hydrogen-bond acceptors (Lipinski definition) is 4. The van der Waals surface area contributed by atoms with Gasteiger partial charge in [-0.1, -0.05) is 23.7 Å². The van der Waals surface area contributed by atoms with Gasteiger partial charge in [0.2, 0.25) is 10.0 Å². The molecule has 0 saturated carbocycles. The molecule has 32 heavy (non-hydrogen) atoms. The van der Waals surface area contributed by atoms with Crippen molar-refractivity contribution in [3.8, 4) is 16.9 Å². The summed E-state index contributed by atoms with van der Waals surface area (Å²) in [5.41, 5.74) is 2.78. The molecule has 166 valence electrons. The van der Waals surface area contributed by atoms with E-state index in [1.165, 1.54) is 0 Å². The molecule has 0 N–H and O–H groups in total. The maximum Gasteiger partial charge on any atom is 0.250 e. The maximum atomic E-state index is 13.4. The summed E-state index contributed by atoms with van der Waals surface area (Å²) < 4.78 is 35.3. The van der Waals surface area contributed by atoms with Crippen molar-refractivity contribution in [3.05, 3.63) is 81.7 Å². The van der Waals surface area contributed by atoms with Crippen molar-refractivity contribution in [1.82, 2.24) is 8.87 Å². The standard InChI is InChI=1S/C24H23ClN2O4S/c1-31-20-6-8-21(9-7-20)32(29,30)26-13-16-12-18(15-26)24-22(10-11-23(28)27(24)14-16)17-2-4-19(25)5-3-17/h2-11,16,18H,12-15H2,1H3/t16-,18+/m0/s1. The summed E-state index contributed by atoms with van der Waals surface area (Å²) in [5, 5.41) is 0.644. The zero-order valence-corrected chi connectivity index (χ0v) is 19.1. The first-order valence-corrected chi connectivity index (χ1v) is 12.3. The lowest BCUT2D eigenvalue weighted by atomic mass is 9.81. The molecule has 2 aliphatic rings. The molecular formula is C24H23ClN2O4S. The highest BCUT2D eigenvalue weighted by atomic mass is 35.5. The van der Waals surface area contributed by atoms with Crippen LogP contribution in [0.1, 0.15) is 18.0 Å². The highest BCUT2D eigenvalue weighted by Crippen LogP contribution is 2.41. The molecule has 2 aromatic carbocycles. The van der Waals surface area contributed by atoms with Crippen molar-refractivity contribution >= 4 is 21.6 Å². The van der Waals surface area contributed by atoms with Gasteiger partial charge in [0.15, 0.2) is 0 Å². The number of nitrogens with zero attached hydrogens (tertiary/aromatic N) is 2. The van der Waals surface area contributed by atoms with Crippen LogP contribution >= 0.6 is 11.6 Å². The van der Waals surface area contributed by atoms with E-state index in [-0.39, 0.29) is 22.3 Å². The lowest BCUT2D eigenvalue weighted by molar-refractivity contribution is 0.187. The van der Waals surface area contributed by atoms with Crippen LogP contribution in [-0.4, -0.2) is 37.5 Å². The van der Waals surface area contributed by atoms with Crippen molar-refractivity contribution in [3.63, 3.8) is 0 Å². The normalized spacial score (nSPS) is 20.6. The molecule has 3 aromatic rings. The SMILES string of the molecule is COc1ccc(S(=O)(=O)N2C[C@@H]3C[C@H](C2)c2c(-c4ccc(Cl)cc4)ccc(=O)n2C3)cc1. The van der Waals surface area contributed by atoms with E-state index >= 15 is 0 Å². The van der Waals surface area contributed by atoms with Crippen molar-refractivity contribution in [1.29, 1.82) is 0 Å². The molecule has 3 heterocycles. The van der Waals surface area contributed by atoms with Gasteiger partial charge >= 0.3 is 0 Å². The molecular weight excluding hydrogens is 448 g/mol. The number of ether oxygens (including phenoxy) is 1. The number of piperidine rings is 1. The Morgan fingerprint density at radius 3 is 2.34 bits per heavy atom. The fourth-order valence-electron chi connectivity index (χ4n) is 4.94. The van der Waals surface area contributed by atoms with Crippen molar-refractivity contribution < 1.29 is 13.2 Å². The molecule has 0 unspecified atom stereocenters. The predicted octanol–water partition coefficient (Wildman–Crippen LogP) is 3.99. The Morgan fingerprint density at radius 1 is 0.938 bits per heavy atom. The van der Waals surface area contributed by atoms with Crippen LogP contribution in [0.5, 0.6) is 5.75 Å². The summed E-state index contributed by atoms with van der Waals surface area (Å²) >= 11 is 6.06. The summed E-state index contributed by atoms with van der Waals surface area (Å²) in [6, 6.07) is 17.4. The third-order valence-electron chi connectivity index (χ3n) is 6.41. The van der Waals surface area contributed by atoms with Crippen LogP contribution < -0.4 is 10.3 Å². The Labute approximate surface area is 192 Å². The fourth-order valence-corrected chi connectivity index (χ4v) is 6.63. The van der Waals surface area contributed by atoms with E-state index in [1.807, 2.05) is 34.9 Å². The van der Waals surface area contributed by atoms with Crippen molar-refractivity contribution in [2.24, 2.45) is 5.92 Å². The highest BCUT2D eigenvalue weighted by molar-refractivity contribution is 7.89. The van der Waals surface area contributed by atoms with Crippen LogP contribution in [0.4, 0.5) is 0 Å². The Balaban J connectivity index is 1.54. The van der Waals surface area contributed by atoms with Crippen LogP contribution in [0.25, 0.3) is 11.1 Å². The number of halogens is 1. The summed E-state index contributed by atoms with van der Waals surface area (Å²) in [6.45, 7) is 1.26. The molecule has 1 fully saturated rings. The molecule has 0 amide bonds. The zero-order valence-electron chi connectivity index (χ0n) is 17.6. The topological polar surface area (TPSA) is 68.6 Å². The van der Waals surface area contributed by atoms with E-state index in [2.05, 4.69) is 0 Å². The van der Waals surface area contributed by atoms with Crippen molar-refractivity contribution in [2.45, 2.75) is 23.8 Å². The molecule has 0 spiro atoms. The van der Waals surface area contributed by atoms with Gasteiger partial charge in [-0.3, -0.25) is 4.79 Å². The zero-order chi connectivity index (χ0) is 22.5. The number of rotatable bonds is 4. The Hall–Kier alpha value is -2.61. The first-order chi connectivity index (χ1) is 15.4. The first-order valence-electron chi connectivity index (χ1n) is 10.5. The summed E-state index contributed by atoms with van der Waals surface area (Å²) in [4.78, 5) is 12.9. The number of hydrogen-bond donors (Lipinski definition) is 0. The second-order valence-electron chi connectivity index (χ2n) is 8.38. The average molecular weight is 471 g/mol. The second kappa shape index (κ2) is 8.06. The summed E-state index contributed by atoms with van der Waals surface area (Å²) in [6.07, 6.45) is 0.860. The largest absolute Gasteiger partial charge is 0.497 e. The molecule has 0 radical (unpaired) electrons. The van der Waals surface area contributed by atoms with Gasteiger partial charge in [-0.05, 0) is 60.4 Å². The van der Waals surface area contributed by atoms with Gasteiger partial charge in [0.1, 0.15) is 5.75 Å². The number of sulfonamides is 1. The number of benzene rings is 2. The van der Waals surface area contributed by atoms with Crippen LogP contribution in [-0.2, 0) is 16.6 Å². The number of methoxy groups -OCH3 is 1. The first kappa shape index (κ1) is 21.2. The van der Waals surface area contributed by atoms with Crippen LogP contribution in [0.3, 0.4) is 0 Å². The van der Waals surface area contributed by atoms with E-state index in [1.54, 1.807) is 41.7 Å². The molecule has 2 bridgehead atoms. The molecule has 2 atom stereocenters. The molecule has 6 nitrogen and oxygen atoms in total. The number of aromatic nitrogens is 1. The quantitative estimate of drug-likeness (QED) is 0.578. The van der Waals surface area contributed by atoms with E-state index in [0.29, 0.717) is 30.4 Å². The van der Waals surface area contributed by atoms with Crippen LogP contribution in [0.2, 0.25) is 5.02 Å². The molecule has 2 aliphatic heterocycles. The summed E-state index contributed by atoms with van der Waals surface area (Å²) in [5.74, 6) is 0.642. The smallest absolute Gasteiger partial charge is 0.250 e. The maximum absolute atomic E-state index is 13.4. The van der Waals surface area contributed by atoms with Gasteiger partial charge in [-0.2, -0.15) is 4.31 Å². The summed E-state index contributed by atoms with van der Waals surface area (Å²) in [7, 11) is -2.10. The van der Waals surface area contributed by atoms with Gasteiger partial charge in [0.25, 0.3) is 5.56 Å². The van der Waals surface area contributed by atoms with E-state index < -0.39 is 10.0 Å². The van der Waals surface area contributed by atoms with E-state index in [4.69, 9.17) is 16.3 Å². The Bertz CT molecular complexity index is 1320. The van der Waals surface area contributed by atoms with Gasteiger partial charge in [0.05, 0.1) is 12.0 Å². The van der Waals surface area contributed by atoms with Gasteiger partial charge in [-0.15, -0.1) is 0 Å². The Morgan fingerprint density at radius 2 is 1.66 bits per heavy atom. The van der Waals surface area contributed by atoms with E-state index in [0.717, 1.165) is 23.2 Å². The van der Waals surface area contributed by atoms with Crippen LogP contribution in [0.15, 0.2) is 70.4 Å². The minimum atomic E-state index is -3.65. The number of fused-ring (bicyclic) bond motifs is 4. The highest BCUT2D eigenvalue weighted by Gasteiger charge is 2.40. The minimum Gasteiger partial charge on any atom is -0.497 e. The molecule has 1 saturated heterocycles. The van der Waals surface area contributed by atoms with E-state index in [9.17, 15) is 13.2 Å². The second-order valence-corrected chi connectivity index (χ2v) is 10.8.